The minimum Gasteiger partial charge on any atom is -0.461 e. The first-order valence-corrected chi connectivity index (χ1v) is 13.5. The topological polar surface area (TPSA) is 64.4 Å². The van der Waals surface area contributed by atoms with Crippen molar-refractivity contribution in [3.05, 3.63) is 47.0 Å². The summed E-state index contributed by atoms with van der Waals surface area (Å²) in [6.07, 6.45) is 3.33. The van der Waals surface area contributed by atoms with E-state index < -0.39 is 14.0 Å². The Morgan fingerprint density at radius 2 is 2.14 bits per heavy atom. The molecule has 0 saturated carbocycles. The Hall–Kier alpha value is -2.85. The molecule has 29 heavy (non-hydrogen) atoms. The Kier molecular flexibility index (Phi) is 4.83. The maximum absolute atomic E-state index is 13.4. The molecule has 0 radical (unpaired) electrons. The summed E-state index contributed by atoms with van der Waals surface area (Å²) in [5.41, 5.74) is 6.58. The molecule has 1 aromatic heterocycles. The Morgan fingerprint density at radius 3 is 2.86 bits per heavy atom. The fourth-order valence-electron chi connectivity index (χ4n) is 3.93. The van der Waals surface area contributed by atoms with Crippen LogP contribution in [0.2, 0.25) is 19.6 Å². The van der Waals surface area contributed by atoms with Crippen molar-refractivity contribution < 1.29 is 14.3 Å². The molecule has 1 unspecified atom stereocenters. The van der Waals surface area contributed by atoms with Crippen molar-refractivity contribution in [2.45, 2.75) is 45.4 Å². The van der Waals surface area contributed by atoms with E-state index in [1.807, 2.05) is 27.7 Å². The molecule has 0 N–H and O–H groups in total. The van der Waals surface area contributed by atoms with Gasteiger partial charge in [0.05, 0.1) is 29.6 Å². The zero-order valence-electron chi connectivity index (χ0n) is 17.3. The molecule has 150 valence electrons. The Labute approximate surface area is 171 Å². The molecule has 0 spiro atoms. The second-order valence-corrected chi connectivity index (χ2v) is 13.2. The van der Waals surface area contributed by atoms with Crippen molar-refractivity contribution in [2.75, 3.05) is 13.2 Å². The fourth-order valence-corrected chi connectivity index (χ4v) is 4.45. The maximum atomic E-state index is 13.4. The summed E-state index contributed by atoms with van der Waals surface area (Å²) in [4.78, 5) is 32.1. The van der Waals surface area contributed by atoms with E-state index in [2.05, 4.69) is 36.1 Å². The summed E-state index contributed by atoms with van der Waals surface area (Å²) in [5, 5.41) is 0. The number of fused-ring (bicyclic) bond motifs is 5. The highest BCUT2D eigenvalue weighted by atomic mass is 28.3. The summed E-state index contributed by atoms with van der Waals surface area (Å²) in [7, 11) is -1.52. The van der Waals surface area contributed by atoms with E-state index in [0.717, 1.165) is 29.8 Å². The Balaban J connectivity index is 1.88. The number of benzene rings is 1. The highest BCUT2D eigenvalue weighted by Gasteiger charge is 2.40. The van der Waals surface area contributed by atoms with Crippen LogP contribution in [0.15, 0.2) is 24.5 Å². The summed E-state index contributed by atoms with van der Waals surface area (Å²) in [6, 6.07) is 5.54. The molecule has 1 amide bonds. The van der Waals surface area contributed by atoms with E-state index >= 15 is 0 Å². The minimum atomic E-state index is -1.52. The molecule has 4 rings (SSSR count). The molecule has 2 aromatic rings. The first-order valence-electron chi connectivity index (χ1n) is 10.0. The van der Waals surface area contributed by atoms with Gasteiger partial charge >= 0.3 is 5.97 Å². The Bertz CT molecular complexity index is 1060. The third kappa shape index (κ3) is 3.49. The maximum Gasteiger partial charge on any atom is 0.358 e. The number of carbonyl (C=O) groups excluding carboxylic acids is 2. The van der Waals surface area contributed by atoms with Crippen LogP contribution in [0.4, 0.5) is 0 Å². The van der Waals surface area contributed by atoms with Gasteiger partial charge in [-0.05, 0) is 38.0 Å². The molecule has 2 aliphatic rings. The molecule has 1 fully saturated rings. The van der Waals surface area contributed by atoms with Crippen LogP contribution in [0.5, 0.6) is 0 Å². The number of nitrogens with zero attached hydrogens (tertiary/aromatic N) is 3. The number of ether oxygens (including phenoxy) is 1. The van der Waals surface area contributed by atoms with Gasteiger partial charge in [-0.2, -0.15) is 0 Å². The van der Waals surface area contributed by atoms with Gasteiger partial charge in [0.25, 0.3) is 5.91 Å². The van der Waals surface area contributed by atoms with E-state index in [-0.39, 0.29) is 18.6 Å². The number of rotatable bonds is 2. The zero-order valence-corrected chi connectivity index (χ0v) is 18.3. The number of amides is 1. The van der Waals surface area contributed by atoms with Gasteiger partial charge in [0.1, 0.15) is 14.4 Å². The number of aromatic nitrogens is 2. The van der Waals surface area contributed by atoms with Crippen LogP contribution in [-0.2, 0) is 4.74 Å². The predicted molar refractivity (Wildman–Crippen MR) is 113 cm³/mol. The van der Waals surface area contributed by atoms with Gasteiger partial charge in [0, 0.05) is 12.1 Å². The Morgan fingerprint density at radius 1 is 1.34 bits per heavy atom. The van der Waals surface area contributed by atoms with Gasteiger partial charge in [-0.3, -0.25) is 9.36 Å². The average Bonchev–Trinajstić information content (AvgIpc) is 3.30. The van der Waals surface area contributed by atoms with Crippen LogP contribution in [0, 0.1) is 11.5 Å². The largest absolute Gasteiger partial charge is 0.461 e. The highest BCUT2D eigenvalue weighted by Crippen LogP contribution is 2.40. The van der Waals surface area contributed by atoms with Crippen molar-refractivity contribution in [2.24, 2.45) is 0 Å². The van der Waals surface area contributed by atoms with E-state index in [0.29, 0.717) is 17.8 Å². The lowest BCUT2D eigenvalue weighted by molar-refractivity contribution is 0.0513. The lowest BCUT2D eigenvalue weighted by atomic mass is 10.1. The van der Waals surface area contributed by atoms with Gasteiger partial charge in [0.2, 0.25) is 0 Å². The van der Waals surface area contributed by atoms with Gasteiger partial charge in [-0.15, -0.1) is 5.54 Å². The van der Waals surface area contributed by atoms with E-state index in [9.17, 15) is 9.59 Å². The van der Waals surface area contributed by atoms with Crippen LogP contribution < -0.4 is 0 Å². The molecule has 1 saturated heterocycles. The van der Waals surface area contributed by atoms with E-state index in [1.165, 1.54) is 0 Å². The standard InChI is InChI=1S/C22H25N3O3Si/c1-5-28-22(27)19-20-18-7-6-11-24(18)21(26)16-13-15(10-12-29(2,3)4)8-9-17(16)25(20)14-23-19/h8-9,13-14,18H,5-7,11H2,1-4H3. The van der Waals surface area contributed by atoms with Crippen LogP contribution in [-0.4, -0.2) is 47.6 Å². The van der Waals surface area contributed by atoms with Crippen molar-refractivity contribution >= 4 is 20.0 Å². The lowest BCUT2D eigenvalue weighted by Crippen LogP contribution is -2.30. The summed E-state index contributed by atoms with van der Waals surface area (Å²) >= 11 is 0. The monoisotopic (exact) mass is 407 g/mol. The first kappa shape index (κ1) is 19.5. The van der Waals surface area contributed by atoms with Crippen molar-refractivity contribution in [1.82, 2.24) is 14.5 Å². The third-order valence-corrected chi connectivity index (χ3v) is 6.05. The second-order valence-electron chi connectivity index (χ2n) is 8.46. The second kappa shape index (κ2) is 7.19. The quantitative estimate of drug-likeness (QED) is 0.434. The lowest BCUT2D eigenvalue weighted by Gasteiger charge is -2.22. The number of carbonyl (C=O) groups is 2. The highest BCUT2D eigenvalue weighted by molar-refractivity contribution is 6.83. The van der Waals surface area contributed by atoms with Gasteiger partial charge < -0.3 is 9.64 Å². The number of imidazole rings is 1. The summed E-state index contributed by atoms with van der Waals surface area (Å²) in [5.74, 6) is 2.78. The molecule has 0 aliphatic carbocycles. The van der Waals surface area contributed by atoms with Crippen molar-refractivity contribution in [3.63, 3.8) is 0 Å². The van der Waals surface area contributed by atoms with Gasteiger partial charge in [-0.1, -0.05) is 25.6 Å². The van der Waals surface area contributed by atoms with Crippen LogP contribution >= 0.6 is 0 Å². The molecule has 1 atom stereocenters. The van der Waals surface area contributed by atoms with Gasteiger partial charge in [-0.25, -0.2) is 9.78 Å². The molecule has 2 aliphatic heterocycles. The molecule has 6 nitrogen and oxygen atoms in total. The van der Waals surface area contributed by atoms with Gasteiger partial charge in [0.15, 0.2) is 5.69 Å². The number of esters is 1. The van der Waals surface area contributed by atoms with Crippen LogP contribution in [0.3, 0.4) is 0 Å². The van der Waals surface area contributed by atoms with E-state index in [4.69, 9.17) is 4.74 Å². The average molecular weight is 408 g/mol. The normalized spacial score (nSPS) is 17.6. The van der Waals surface area contributed by atoms with Crippen molar-refractivity contribution in [3.8, 4) is 17.2 Å². The first-order chi connectivity index (χ1) is 13.8. The van der Waals surface area contributed by atoms with E-state index in [1.54, 1.807) is 13.3 Å². The minimum absolute atomic E-state index is 0.0161. The predicted octanol–water partition coefficient (Wildman–Crippen LogP) is 3.57. The van der Waals surface area contributed by atoms with Crippen molar-refractivity contribution in [1.29, 1.82) is 0 Å². The SMILES string of the molecule is CCOC(=O)c1ncn2c1C1CCCN1C(=O)c1cc(C#C[Si](C)(C)C)ccc1-2. The molecule has 7 heteroatoms. The van der Waals surface area contributed by atoms with Crippen LogP contribution in [0.25, 0.3) is 5.69 Å². The smallest absolute Gasteiger partial charge is 0.358 e. The molecular formula is C22H25N3O3Si. The van der Waals surface area contributed by atoms with Crippen LogP contribution in [0.1, 0.15) is 57.9 Å². The summed E-state index contributed by atoms with van der Waals surface area (Å²) in [6.45, 7) is 9.31. The molecule has 3 heterocycles. The molecular weight excluding hydrogens is 382 g/mol. The fraction of sp³-hybridized carbons (Fsp3) is 0.409. The summed E-state index contributed by atoms with van der Waals surface area (Å²) < 4.78 is 7.09. The molecule has 1 aromatic carbocycles. The zero-order chi connectivity index (χ0) is 20.8. The number of hydrogen-bond acceptors (Lipinski definition) is 4. The molecule has 0 bridgehead atoms. The number of hydrogen-bond donors (Lipinski definition) is 0. The third-order valence-electron chi connectivity index (χ3n) is 5.17.